The first-order valence-electron chi connectivity index (χ1n) is 8.89. The molecule has 7 heteroatoms. The molecule has 6 nitrogen and oxygen atoms in total. The molecule has 1 N–H and O–H groups in total. The molecule has 0 bridgehead atoms. The third-order valence-electron chi connectivity index (χ3n) is 4.92. The van der Waals surface area contributed by atoms with Crippen molar-refractivity contribution in [1.82, 2.24) is 9.88 Å². The second-order valence-electron chi connectivity index (χ2n) is 6.64. The van der Waals surface area contributed by atoms with E-state index in [0.29, 0.717) is 17.0 Å². The van der Waals surface area contributed by atoms with Gasteiger partial charge in [-0.2, -0.15) is 0 Å². The largest absolute Gasteiger partial charge is 0.482 e. The fourth-order valence-corrected chi connectivity index (χ4v) is 4.75. The molecule has 0 saturated heterocycles. The number of aryl methyl sites for hydroxylation is 2. The Hall–Kier alpha value is -2.41. The monoisotopic (exact) mass is 371 g/mol. The van der Waals surface area contributed by atoms with Crippen LogP contribution in [0, 0.1) is 0 Å². The summed E-state index contributed by atoms with van der Waals surface area (Å²) in [5, 5.41) is 3.88. The zero-order valence-corrected chi connectivity index (χ0v) is 15.7. The molecule has 1 aliphatic heterocycles. The Bertz CT molecular complexity index is 877. The Kier molecular flexibility index (Phi) is 4.40. The van der Waals surface area contributed by atoms with Crippen molar-refractivity contribution >= 4 is 28.8 Å². The first-order chi connectivity index (χ1) is 12.6. The quantitative estimate of drug-likeness (QED) is 0.899. The van der Waals surface area contributed by atoms with Crippen molar-refractivity contribution in [1.29, 1.82) is 0 Å². The highest BCUT2D eigenvalue weighted by Crippen LogP contribution is 2.38. The molecule has 0 radical (unpaired) electrons. The van der Waals surface area contributed by atoms with Crippen LogP contribution in [0.1, 0.15) is 51.7 Å². The maximum Gasteiger partial charge on any atom is 0.262 e. The van der Waals surface area contributed by atoms with Crippen LogP contribution in [-0.2, 0) is 17.6 Å². The van der Waals surface area contributed by atoms with Crippen LogP contribution in [0.2, 0.25) is 0 Å². The van der Waals surface area contributed by atoms with Crippen LogP contribution in [0.4, 0.5) is 5.69 Å². The smallest absolute Gasteiger partial charge is 0.262 e. The molecule has 2 aromatic rings. The molecule has 1 atom stereocenters. The molecule has 0 spiro atoms. The highest BCUT2D eigenvalue weighted by Gasteiger charge is 2.30. The minimum absolute atomic E-state index is 0.0207. The van der Waals surface area contributed by atoms with E-state index in [1.54, 1.807) is 29.5 Å². The molecule has 26 heavy (non-hydrogen) atoms. The Labute approximate surface area is 156 Å². The average molecular weight is 371 g/mol. The number of thiazole rings is 1. The van der Waals surface area contributed by atoms with E-state index in [-0.39, 0.29) is 24.5 Å². The predicted molar refractivity (Wildman–Crippen MR) is 99.8 cm³/mol. The van der Waals surface area contributed by atoms with E-state index >= 15 is 0 Å². The van der Waals surface area contributed by atoms with Crippen molar-refractivity contribution in [2.75, 3.05) is 19.0 Å². The predicted octanol–water partition coefficient (Wildman–Crippen LogP) is 3.19. The molecule has 1 aromatic carbocycles. The van der Waals surface area contributed by atoms with Crippen LogP contribution in [-0.4, -0.2) is 35.4 Å². The number of carbonyl (C=O) groups is 2. The Morgan fingerprint density at radius 2 is 2.31 bits per heavy atom. The number of carbonyl (C=O) groups excluding carboxylic acids is 2. The van der Waals surface area contributed by atoms with Gasteiger partial charge < -0.3 is 15.0 Å². The van der Waals surface area contributed by atoms with E-state index in [2.05, 4.69) is 12.2 Å². The lowest BCUT2D eigenvalue weighted by molar-refractivity contribution is -0.118. The molecular formula is C19H21N3O3S. The van der Waals surface area contributed by atoms with Crippen LogP contribution in [0.5, 0.6) is 5.75 Å². The summed E-state index contributed by atoms with van der Waals surface area (Å²) in [7, 11) is 1.86. The van der Waals surface area contributed by atoms with E-state index in [4.69, 9.17) is 9.72 Å². The van der Waals surface area contributed by atoms with Gasteiger partial charge in [0.25, 0.3) is 11.8 Å². The number of hydrogen-bond acceptors (Lipinski definition) is 5. The van der Waals surface area contributed by atoms with Crippen molar-refractivity contribution in [3.8, 4) is 5.75 Å². The molecule has 2 aliphatic rings. The molecule has 1 unspecified atom stereocenters. The molecule has 4 rings (SSSR count). The van der Waals surface area contributed by atoms with Gasteiger partial charge in [-0.1, -0.05) is 6.92 Å². The molecular weight excluding hydrogens is 350 g/mol. The second kappa shape index (κ2) is 6.72. The minimum Gasteiger partial charge on any atom is -0.482 e. The van der Waals surface area contributed by atoms with Gasteiger partial charge in [0, 0.05) is 12.6 Å². The lowest BCUT2D eigenvalue weighted by Gasteiger charge is -2.31. The second-order valence-corrected chi connectivity index (χ2v) is 7.76. The summed E-state index contributed by atoms with van der Waals surface area (Å²) in [6.45, 7) is 2.09. The number of ether oxygens (including phenoxy) is 1. The number of aromatic nitrogens is 1. The molecule has 2 amide bonds. The lowest BCUT2D eigenvalue weighted by Crippen LogP contribution is -2.33. The minimum atomic E-state index is -0.180. The lowest BCUT2D eigenvalue weighted by atomic mass is 9.96. The van der Waals surface area contributed by atoms with E-state index in [0.717, 1.165) is 36.4 Å². The summed E-state index contributed by atoms with van der Waals surface area (Å²) in [5.74, 6) is 0.317. The van der Waals surface area contributed by atoms with Gasteiger partial charge in [0.15, 0.2) is 6.61 Å². The van der Waals surface area contributed by atoms with Crippen molar-refractivity contribution < 1.29 is 14.3 Å². The average Bonchev–Trinajstić information content (AvgIpc) is 3.09. The highest BCUT2D eigenvalue weighted by molar-refractivity contribution is 7.11. The van der Waals surface area contributed by atoms with Gasteiger partial charge >= 0.3 is 0 Å². The maximum atomic E-state index is 13.0. The summed E-state index contributed by atoms with van der Waals surface area (Å²) in [6.07, 6.45) is 3.92. The molecule has 1 aromatic heterocycles. The number of rotatable bonds is 3. The summed E-state index contributed by atoms with van der Waals surface area (Å²) in [6, 6.07) is 5.24. The van der Waals surface area contributed by atoms with Gasteiger partial charge in [-0.15, -0.1) is 11.3 Å². The topological polar surface area (TPSA) is 71.5 Å². The van der Waals surface area contributed by atoms with Gasteiger partial charge in [0.2, 0.25) is 0 Å². The first-order valence-corrected chi connectivity index (χ1v) is 9.70. The first kappa shape index (κ1) is 17.0. The van der Waals surface area contributed by atoms with E-state index in [9.17, 15) is 9.59 Å². The van der Waals surface area contributed by atoms with Gasteiger partial charge in [-0.25, -0.2) is 4.98 Å². The third-order valence-corrected chi connectivity index (χ3v) is 6.26. The number of nitrogens with zero attached hydrogens (tertiary/aromatic N) is 2. The van der Waals surface area contributed by atoms with E-state index in [1.807, 2.05) is 11.9 Å². The number of hydrogen-bond donors (Lipinski definition) is 1. The van der Waals surface area contributed by atoms with Gasteiger partial charge in [-0.3, -0.25) is 9.59 Å². The normalized spacial score (nSPS) is 18.4. The zero-order valence-electron chi connectivity index (χ0n) is 14.9. The van der Waals surface area contributed by atoms with Gasteiger partial charge in [-0.05, 0) is 43.9 Å². The van der Waals surface area contributed by atoms with Crippen LogP contribution in [0.25, 0.3) is 0 Å². The van der Waals surface area contributed by atoms with E-state index < -0.39 is 0 Å². The SMILES string of the molecule is CCc1nc2c(s1)C(N(C)C(=O)c1ccc3c(c1)OCC(=O)N3)CCC2. The molecule has 0 fully saturated rings. The Morgan fingerprint density at radius 3 is 3.12 bits per heavy atom. The van der Waals surface area contributed by atoms with Crippen LogP contribution in [0.15, 0.2) is 18.2 Å². The maximum absolute atomic E-state index is 13.0. The third kappa shape index (κ3) is 2.96. The highest BCUT2D eigenvalue weighted by atomic mass is 32.1. The number of benzene rings is 1. The van der Waals surface area contributed by atoms with E-state index in [1.165, 1.54) is 4.88 Å². The van der Waals surface area contributed by atoms with Crippen LogP contribution < -0.4 is 10.1 Å². The summed E-state index contributed by atoms with van der Waals surface area (Å²) < 4.78 is 5.44. The van der Waals surface area contributed by atoms with Crippen molar-refractivity contribution in [3.05, 3.63) is 39.3 Å². The Morgan fingerprint density at radius 1 is 1.46 bits per heavy atom. The van der Waals surface area contributed by atoms with Gasteiger partial charge in [0.1, 0.15) is 5.75 Å². The molecule has 1 aliphatic carbocycles. The molecule has 0 saturated carbocycles. The zero-order chi connectivity index (χ0) is 18.3. The van der Waals surface area contributed by atoms with Gasteiger partial charge in [0.05, 0.1) is 27.3 Å². The van der Waals surface area contributed by atoms with Crippen LogP contribution in [0.3, 0.4) is 0 Å². The summed E-state index contributed by atoms with van der Waals surface area (Å²) in [4.78, 5) is 32.2. The van der Waals surface area contributed by atoms with Crippen molar-refractivity contribution in [2.45, 2.75) is 38.6 Å². The molecule has 2 heterocycles. The van der Waals surface area contributed by atoms with Crippen molar-refractivity contribution in [3.63, 3.8) is 0 Å². The van der Waals surface area contributed by atoms with Crippen LogP contribution >= 0.6 is 11.3 Å². The Balaban J connectivity index is 1.59. The number of fused-ring (bicyclic) bond motifs is 2. The number of anilines is 1. The summed E-state index contributed by atoms with van der Waals surface area (Å²) in [5.41, 5.74) is 2.32. The standard InChI is InChI=1S/C19H21N3O3S/c1-3-17-21-13-5-4-6-14(18(13)26-17)22(2)19(24)11-7-8-12-15(9-11)25-10-16(23)20-12/h7-9,14H,3-6,10H2,1-2H3,(H,20,23). The van der Waals surface area contributed by atoms with Crippen molar-refractivity contribution in [2.24, 2.45) is 0 Å². The molecule has 136 valence electrons. The summed E-state index contributed by atoms with van der Waals surface area (Å²) >= 11 is 1.73. The fourth-order valence-electron chi connectivity index (χ4n) is 3.52. The number of nitrogens with one attached hydrogen (secondary N) is 1. The number of amides is 2. The fraction of sp³-hybridized carbons (Fsp3) is 0.421.